The average molecular weight is 635 g/mol. The normalized spacial score (nSPS) is 21.0. The zero-order chi connectivity index (χ0) is 32.7. The van der Waals surface area contributed by atoms with E-state index in [4.69, 9.17) is 14.0 Å². The van der Waals surface area contributed by atoms with Crippen molar-refractivity contribution in [2.75, 3.05) is 0 Å². The summed E-state index contributed by atoms with van der Waals surface area (Å²) in [6, 6.07) is 0. The van der Waals surface area contributed by atoms with E-state index >= 15 is 0 Å². The van der Waals surface area contributed by atoms with Gasteiger partial charge in [-0.15, -0.1) is 6.58 Å². The molecule has 1 N–H and O–H groups in total. The molecule has 0 bridgehead atoms. The van der Waals surface area contributed by atoms with Crippen LogP contribution in [0.1, 0.15) is 104 Å². The number of carbonyl (C=O) groups excluding carboxylic acids is 1. The van der Waals surface area contributed by atoms with Gasteiger partial charge >= 0.3 is 5.97 Å². The summed E-state index contributed by atoms with van der Waals surface area (Å²) in [5, 5.41) is 8.58. The first kappa shape index (κ1) is 41.5. The standard InChI is InChI=1S/C18H30O2.C10H22OSi.C8H14O2Si/c1-2-3-4-5-7-11-16-13-10-14-17(16)12-8-6-9-15-18(19)20;1-6-8-10(9-7-2)11-12(3,4)5;1-11(2,3)10-8-5-4-7(9)6-8/h6-8,11,16-17H,2-5,9-10,12-15H2,1H3,(H,19,20);6,10H,1,7-9H2,2-5H3;4-5,8H,6H2,1-3H3/b8-6-,11-7+;;/t16-,17-;;/m0../s1. The lowest BCUT2D eigenvalue weighted by molar-refractivity contribution is -0.136. The highest BCUT2D eigenvalue weighted by molar-refractivity contribution is 6.70. The lowest BCUT2D eigenvalue weighted by Crippen LogP contribution is -2.31. The second-order valence-electron chi connectivity index (χ2n) is 13.9. The maximum atomic E-state index is 10.8. The van der Waals surface area contributed by atoms with Gasteiger partial charge in [-0.25, -0.2) is 0 Å². The van der Waals surface area contributed by atoms with Gasteiger partial charge in [0.2, 0.25) is 0 Å². The molecule has 0 aromatic carbocycles. The molecule has 0 radical (unpaired) electrons. The molecule has 5 nitrogen and oxygen atoms in total. The van der Waals surface area contributed by atoms with Crippen molar-refractivity contribution in [2.45, 2.75) is 155 Å². The van der Waals surface area contributed by atoms with Gasteiger partial charge in [0.1, 0.15) is 0 Å². The van der Waals surface area contributed by atoms with Gasteiger partial charge in [0.05, 0.1) is 6.10 Å². The highest BCUT2D eigenvalue weighted by Gasteiger charge is 2.24. The summed E-state index contributed by atoms with van der Waals surface area (Å²) in [5.41, 5.74) is 0. The van der Waals surface area contributed by atoms with E-state index in [1.807, 2.05) is 18.2 Å². The van der Waals surface area contributed by atoms with Crippen LogP contribution in [0, 0.1) is 11.8 Å². The monoisotopic (exact) mass is 634 g/mol. The summed E-state index contributed by atoms with van der Waals surface area (Å²) < 4.78 is 11.7. The zero-order valence-electron chi connectivity index (χ0n) is 29.0. The van der Waals surface area contributed by atoms with E-state index in [0.29, 0.717) is 18.9 Å². The Morgan fingerprint density at radius 3 is 2.28 bits per heavy atom. The molecule has 2 aliphatic carbocycles. The molecule has 2 aliphatic rings. The number of carboxylic acid groups (broad SMARTS) is 1. The first-order chi connectivity index (χ1) is 20.2. The maximum Gasteiger partial charge on any atom is 0.303 e. The quantitative estimate of drug-likeness (QED) is 0.0922. The lowest BCUT2D eigenvalue weighted by Gasteiger charge is -2.25. The van der Waals surface area contributed by atoms with E-state index in [1.165, 1.54) is 51.4 Å². The topological polar surface area (TPSA) is 72.8 Å². The molecule has 4 atom stereocenters. The predicted octanol–water partition coefficient (Wildman–Crippen LogP) is 10.7. The van der Waals surface area contributed by atoms with E-state index in [1.54, 1.807) is 6.08 Å². The van der Waals surface area contributed by atoms with E-state index in [-0.39, 0.29) is 18.3 Å². The van der Waals surface area contributed by atoms with Gasteiger partial charge in [0.15, 0.2) is 22.4 Å². The number of carbonyl (C=O) groups is 2. The Hall–Kier alpha value is -1.55. The van der Waals surface area contributed by atoms with Crippen molar-refractivity contribution >= 4 is 28.4 Å². The van der Waals surface area contributed by atoms with Crippen molar-refractivity contribution in [3.63, 3.8) is 0 Å². The summed E-state index contributed by atoms with van der Waals surface area (Å²) in [5.74, 6) is 1.01. The van der Waals surface area contributed by atoms with Crippen molar-refractivity contribution in [3.05, 3.63) is 49.1 Å². The fraction of sp³-hybridized carbons (Fsp3) is 0.722. The Kier molecular flexibility index (Phi) is 22.9. The van der Waals surface area contributed by atoms with Crippen LogP contribution in [0.15, 0.2) is 49.1 Å². The minimum Gasteiger partial charge on any atom is -0.481 e. The molecule has 0 saturated heterocycles. The largest absolute Gasteiger partial charge is 0.481 e. The van der Waals surface area contributed by atoms with Gasteiger partial charge in [0.25, 0.3) is 0 Å². The third-order valence-corrected chi connectivity index (χ3v) is 9.22. The van der Waals surface area contributed by atoms with Crippen LogP contribution in [0.4, 0.5) is 0 Å². The Morgan fingerprint density at radius 2 is 1.74 bits per heavy atom. The highest BCUT2D eigenvalue weighted by atomic mass is 28.4. The number of hydrogen-bond acceptors (Lipinski definition) is 4. The van der Waals surface area contributed by atoms with Crippen LogP contribution in [0.3, 0.4) is 0 Å². The van der Waals surface area contributed by atoms with Gasteiger partial charge in [-0.05, 0) is 109 Å². The van der Waals surface area contributed by atoms with Crippen molar-refractivity contribution in [1.82, 2.24) is 0 Å². The molecule has 0 aromatic rings. The smallest absolute Gasteiger partial charge is 0.303 e. The average Bonchev–Trinajstić information content (AvgIpc) is 3.50. The molecule has 2 unspecified atom stereocenters. The van der Waals surface area contributed by atoms with Crippen LogP contribution in [0.25, 0.3) is 0 Å². The first-order valence-electron chi connectivity index (χ1n) is 16.9. The molecule has 0 aliphatic heterocycles. The molecule has 1 fully saturated rings. The number of rotatable bonds is 18. The van der Waals surface area contributed by atoms with E-state index in [9.17, 15) is 9.59 Å². The van der Waals surface area contributed by atoms with E-state index in [2.05, 4.69) is 77.9 Å². The molecule has 43 heavy (non-hydrogen) atoms. The Bertz CT molecular complexity index is 851. The number of ketones is 1. The van der Waals surface area contributed by atoms with Crippen LogP contribution in [0.2, 0.25) is 39.3 Å². The second-order valence-corrected chi connectivity index (χ2v) is 22.8. The molecule has 248 valence electrons. The molecule has 0 aromatic heterocycles. The van der Waals surface area contributed by atoms with Crippen molar-refractivity contribution in [2.24, 2.45) is 11.8 Å². The van der Waals surface area contributed by atoms with Gasteiger partial charge < -0.3 is 14.0 Å². The Morgan fingerprint density at radius 1 is 1.02 bits per heavy atom. The zero-order valence-corrected chi connectivity index (χ0v) is 31.0. The summed E-state index contributed by atoms with van der Waals surface area (Å²) in [6.45, 7) is 21.3. The third-order valence-electron chi connectivity index (χ3n) is 7.17. The Labute approximate surface area is 267 Å². The molecule has 0 heterocycles. The first-order valence-corrected chi connectivity index (χ1v) is 23.7. The fourth-order valence-electron chi connectivity index (χ4n) is 5.31. The molecule has 2 rings (SSSR count). The summed E-state index contributed by atoms with van der Waals surface area (Å²) in [4.78, 5) is 21.2. The number of hydrogen-bond donors (Lipinski definition) is 1. The van der Waals surface area contributed by atoms with Crippen LogP contribution >= 0.6 is 0 Å². The predicted molar refractivity (Wildman–Crippen MR) is 190 cm³/mol. The number of unbranched alkanes of at least 4 members (excludes halogenated alkanes) is 3. The molecule has 1 saturated carbocycles. The van der Waals surface area contributed by atoms with Crippen LogP contribution < -0.4 is 0 Å². The summed E-state index contributed by atoms with van der Waals surface area (Å²) in [7, 11) is -2.80. The maximum absolute atomic E-state index is 10.8. The van der Waals surface area contributed by atoms with Crippen molar-refractivity contribution in [1.29, 1.82) is 0 Å². The van der Waals surface area contributed by atoms with Gasteiger partial charge in [-0.1, -0.05) is 76.0 Å². The van der Waals surface area contributed by atoms with Gasteiger partial charge in [0, 0.05) is 18.9 Å². The third kappa shape index (κ3) is 25.5. The number of allylic oxidation sites excluding steroid dienone is 5. The minimum atomic E-state index is -1.46. The molecule has 7 heteroatoms. The molecule has 0 spiro atoms. The van der Waals surface area contributed by atoms with E-state index < -0.39 is 22.6 Å². The highest BCUT2D eigenvalue weighted by Crippen LogP contribution is 2.35. The number of aliphatic carboxylic acids is 1. The molecular formula is C36H66O5Si2. The van der Waals surface area contributed by atoms with Crippen molar-refractivity contribution in [3.8, 4) is 0 Å². The summed E-state index contributed by atoms with van der Waals surface area (Å²) >= 11 is 0. The Balaban J connectivity index is 0.000000659. The van der Waals surface area contributed by atoms with Crippen LogP contribution in [0.5, 0.6) is 0 Å². The van der Waals surface area contributed by atoms with Gasteiger partial charge in [-0.3, -0.25) is 9.59 Å². The lowest BCUT2D eigenvalue weighted by atomic mass is 9.92. The van der Waals surface area contributed by atoms with Gasteiger partial charge in [-0.2, -0.15) is 0 Å². The second kappa shape index (κ2) is 23.8. The molecule has 0 amide bonds. The van der Waals surface area contributed by atoms with E-state index in [0.717, 1.165) is 31.1 Å². The van der Waals surface area contributed by atoms with Crippen LogP contribution in [-0.2, 0) is 18.4 Å². The summed E-state index contributed by atoms with van der Waals surface area (Å²) in [6.07, 6.45) is 30.1. The van der Waals surface area contributed by atoms with Crippen molar-refractivity contribution < 1.29 is 23.5 Å². The fourth-order valence-corrected chi connectivity index (χ4v) is 7.59. The molecular weight excluding hydrogens is 569 g/mol. The SMILES string of the molecule is C=CCC(CCC)O[Si](C)(C)C.CCCCC/C=C/[C@H]1CCC[C@@H]1C/C=C\CCC(=O)O.C[Si](C)(C)OC1C=CC(=O)C1. The number of carboxylic acids is 1. The minimum absolute atomic E-state index is 0.0640. The van der Waals surface area contributed by atoms with Crippen LogP contribution in [-0.4, -0.2) is 45.7 Å².